The fourth-order valence-corrected chi connectivity index (χ4v) is 3.13. The van der Waals surface area contributed by atoms with Gasteiger partial charge in [-0.1, -0.05) is 12.2 Å². The second kappa shape index (κ2) is 4.12. The standard InChI is InChI=1S/C12H14N4O2S/c1-15-10(8(5-14-15)9(13)19)16-11(17)6-2-3-7(4-6)12(16)18/h5-7H,2-4H2,1H3,(H2,13,19). The van der Waals surface area contributed by atoms with Crippen molar-refractivity contribution in [2.24, 2.45) is 24.6 Å². The van der Waals surface area contributed by atoms with Crippen LogP contribution in [0.15, 0.2) is 6.20 Å². The van der Waals surface area contributed by atoms with Gasteiger partial charge in [-0.3, -0.25) is 14.3 Å². The molecule has 1 aliphatic heterocycles. The molecule has 7 heteroatoms. The first-order valence-electron chi connectivity index (χ1n) is 6.20. The Bertz CT molecular complexity index is 573. The topological polar surface area (TPSA) is 81.2 Å². The number of piperidine rings is 1. The van der Waals surface area contributed by atoms with Crippen LogP contribution >= 0.6 is 12.2 Å². The first-order chi connectivity index (χ1) is 9.00. The van der Waals surface area contributed by atoms with Crippen molar-refractivity contribution in [1.82, 2.24) is 9.78 Å². The Morgan fingerprint density at radius 2 is 1.95 bits per heavy atom. The number of hydrogen-bond acceptors (Lipinski definition) is 4. The number of aryl methyl sites for hydroxylation is 1. The highest BCUT2D eigenvalue weighted by Crippen LogP contribution is 2.40. The Morgan fingerprint density at radius 3 is 2.47 bits per heavy atom. The van der Waals surface area contributed by atoms with Gasteiger partial charge in [0.15, 0.2) is 5.82 Å². The Kier molecular flexibility index (Phi) is 2.67. The van der Waals surface area contributed by atoms with Crippen LogP contribution in [-0.2, 0) is 16.6 Å². The summed E-state index contributed by atoms with van der Waals surface area (Å²) in [7, 11) is 1.67. The number of imide groups is 1. The third-order valence-electron chi connectivity index (χ3n) is 3.96. The molecule has 100 valence electrons. The number of fused-ring (bicyclic) bond motifs is 2. The van der Waals surface area contributed by atoms with Crippen LogP contribution in [0.4, 0.5) is 5.82 Å². The van der Waals surface area contributed by atoms with E-state index in [-0.39, 0.29) is 28.6 Å². The van der Waals surface area contributed by atoms with Gasteiger partial charge in [0, 0.05) is 18.9 Å². The van der Waals surface area contributed by atoms with Gasteiger partial charge in [0.1, 0.15) is 4.99 Å². The molecule has 0 radical (unpaired) electrons. The van der Waals surface area contributed by atoms with E-state index in [1.54, 1.807) is 7.05 Å². The molecule has 2 fully saturated rings. The molecule has 1 aromatic rings. The highest BCUT2D eigenvalue weighted by Gasteiger charge is 2.47. The quantitative estimate of drug-likeness (QED) is 0.623. The van der Waals surface area contributed by atoms with Crippen LogP contribution in [0.25, 0.3) is 0 Å². The molecule has 1 aliphatic carbocycles. The largest absolute Gasteiger partial charge is 0.389 e. The smallest absolute Gasteiger partial charge is 0.238 e. The minimum Gasteiger partial charge on any atom is -0.389 e. The van der Waals surface area contributed by atoms with E-state index in [1.807, 2.05) is 0 Å². The third kappa shape index (κ3) is 1.68. The zero-order valence-electron chi connectivity index (χ0n) is 10.5. The van der Waals surface area contributed by atoms with Gasteiger partial charge in [-0.05, 0) is 19.3 Å². The van der Waals surface area contributed by atoms with E-state index >= 15 is 0 Å². The van der Waals surface area contributed by atoms with E-state index in [1.165, 1.54) is 15.8 Å². The molecule has 1 saturated heterocycles. The summed E-state index contributed by atoms with van der Waals surface area (Å²) in [6.45, 7) is 0. The van der Waals surface area contributed by atoms with Crippen LogP contribution in [-0.4, -0.2) is 26.6 Å². The normalized spacial score (nSPS) is 26.1. The number of nitrogens with two attached hydrogens (primary N) is 1. The van der Waals surface area contributed by atoms with Gasteiger partial charge < -0.3 is 5.73 Å². The molecular weight excluding hydrogens is 264 g/mol. The Labute approximate surface area is 115 Å². The molecule has 0 spiro atoms. The maximum atomic E-state index is 12.4. The van der Waals surface area contributed by atoms with E-state index in [9.17, 15) is 9.59 Å². The number of rotatable bonds is 2. The lowest BCUT2D eigenvalue weighted by Crippen LogP contribution is -2.48. The lowest BCUT2D eigenvalue weighted by Gasteiger charge is -2.30. The Morgan fingerprint density at radius 1 is 1.37 bits per heavy atom. The summed E-state index contributed by atoms with van der Waals surface area (Å²) < 4.78 is 1.48. The molecule has 2 amide bonds. The van der Waals surface area contributed by atoms with Gasteiger partial charge in [-0.15, -0.1) is 0 Å². The molecule has 1 aromatic heterocycles. The number of amides is 2. The van der Waals surface area contributed by atoms with Crippen LogP contribution < -0.4 is 10.6 Å². The molecule has 0 aromatic carbocycles. The average molecular weight is 278 g/mol. The first kappa shape index (κ1) is 12.3. The molecule has 2 aliphatic rings. The van der Waals surface area contributed by atoms with Crippen LogP contribution in [0.1, 0.15) is 24.8 Å². The van der Waals surface area contributed by atoms with Gasteiger partial charge >= 0.3 is 0 Å². The highest BCUT2D eigenvalue weighted by molar-refractivity contribution is 7.80. The summed E-state index contributed by atoms with van der Waals surface area (Å²) in [4.78, 5) is 26.2. The van der Waals surface area contributed by atoms with Gasteiger partial charge in [0.25, 0.3) is 0 Å². The first-order valence-corrected chi connectivity index (χ1v) is 6.61. The predicted octanol–water partition coefficient (Wildman–Crippen LogP) is 0.344. The average Bonchev–Trinajstić information content (AvgIpc) is 2.94. The number of aromatic nitrogens is 2. The Balaban J connectivity index is 2.11. The van der Waals surface area contributed by atoms with Crippen LogP contribution in [0.3, 0.4) is 0 Å². The van der Waals surface area contributed by atoms with Crippen molar-refractivity contribution in [2.45, 2.75) is 19.3 Å². The minimum absolute atomic E-state index is 0.0585. The fraction of sp³-hybridized carbons (Fsp3) is 0.500. The molecule has 2 heterocycles. The maximum absolute atomic E-state index is 12.4. The molecule has 2 N–H and O–H groups in total. The summed E-state index contributed by atoms with van der Waals surface area (Å²) in [6, 6.07) is 0. The summed E-state index contributed by atoms with van der Waals surface area (Å²) >= 11 is 4.96. The van der Waals surface area contributed by atoms with Crippen LogP contribution in [0.5, 0.6) is 0 Å². The number of hydrogen-bond donors (Lipinski definition) is 1. The molecule has 3 rings (SSSR count). The van der Waals surface area contributed by atoms with Crippen molar-refractivity contribution in [3.8, 4) is 0 Å². The second-order valence-electron chi connectivity index (χ2n) is 5.09. The number of carbonyl (C=O) groups excluding carboxylic acids is 2. The Hall–Kier alpha value is -1.76. The van der Waals surface area contributed by atoms with Gasteiger partial charge in [0.2, 0.25) is 11.8 Å². The molecule has 19 heavy (non-hydrogen) atoms. The predicted molar refractivity (Wildman–Crippen MR) is 72.4 cm³/mol. The van der Waals surface area contributed by atoms with Crippen molar-refractivity contribution >= 4 is 34.8 Å². The zero-order valence-corrected chi connectivity index (χ0v) is 11.3. The molecular formula is C12H14N4O2S. The molecule has 1 saturated carbocycles. The van der Waals surface area contributed by atoms with Gasteiger partial charge in [0.05, 0.1) is 11.8 Å². The van der Waals surface area contributed by atoms with Crippen molar-refractivity contribution in [2.75, 3.05) is 4.90 Å². The highest BCUT2D eigenvalue weighted by atomic mass is 32.1. The monoisotopic (exact) mass is 278 g/mol. The molecule has 6 nitrogen and oxygen atoms in total. The number of anilines is 1. The zero-order chi connectivity index (χ0) is 13.7. The molecule has 2 atom stereocenters. The fourth-order valence-electron chi connectivity index (χ4n) is 2.98. The van der Waals surface area contributed by atoms with Gasteiger partial charge in [-0.25, -0.2) is 4.90 Å². The molecule has 2 bridgehead atoms. The van der Waals surface area contributed by atoms with Crippen molar-refractivity contribution in [1.29, 1.82) is 0 Å². The van der Waals surface area contributed by atoms with Crippen molar-refractivity contribution < 1.29 is 9.59 Å². The SMILES string of the molecule is Cn1ncc(C(N)=S)c1N1C(=O)C2CCC(C2)C1=O. The molecule has 2 unspecified atom stereocenters. The van der Waals surface area contributed by atoms with E-state index < -0.39 is 0 Å². The summed E-state index contributed by atoms with van der Waals surface area (Å²) in [5, 5.41) is 4.06. The minimum atomic E-state index is -0.153. The van der Waals surface area contributed by atoms with Crippen LogP contribution in [0, 0.1) is 11.8 Å². The van der Waals surface area contributed by atoms with Crippen LogP contribution in [0.2, 0.25) is 0 Å². The lowest BCUT2D eigenvalue weighted by molar-refractivity contribution is -0.133. The van der Waals surface area contributed by atoms with Gasteiger partial charge in [-0.2, -0.15) is 5.10 Å². The second-order valence-corrected chi connectivity index (χ2v) is 5.53. The summed E-state index contributed by atoms with van der Waals surface area (Å²) in [5.74, 6) is -0.0209. The van der Waals surface area contributed by atoms with E-state index in [2.05, 4.69) is 5.10 Å². The van der Waals surface area contributed by atoms with E-state index in [0.29, 0.717) is 17.8 Å². The summed E-state index contributed by atoms with van der Waals surface area (Å²) in [6.07, 6.45) is 3.74. The number of thiocarbonyl (C=S) groups is 1. The number of carbonyl (C=O) groups is 2. The third-order valence-corrected chi connectivity index (χ3v) is 4.18. The van der Waals surface area contributed by atoms with Crippen molar-refractivity contribution in [3.05, 3.63) is 11.8 Å². The lowest BCUT2D eigenvalue weighted by atomic mass is 9.97. The maximum Gasteiger partial charge on any atom is 0.238 e. The van der Waals surface area contributed by atoms with E-state index in [0.717, 1.165) is 12.8 Å². The van der Waals surface area contributed by atoms with E-state index in [4.69, 9.17) is 18.0 Å². The number of nitrogens with zero attached hydrogens (tertiary/aromatic N) is 3. The van der Waals surface area contributed by atoms with Crippen molar-refractivity contribution in [3.63, 3.8) is 0 Å². The summed E-state index contributed by atoms with van der Waals surface area (Å²) in [5.41, 5.74) is 6.11.